The van der Waals surface area contributed by atoms with Crippen LogP contribution in [0.15, 0.2) is 34.8 Å². The second-order valence-electron chi connectivity index (χ2n) is 3.99. The molecule has 3 aromatic rings. The molecule has 2 nitrogen and oxygen atoms in total. The van der Waals surface area contributed by atoms with Crippen molar-refractivity contribution in [1.29, 1.82) is 0 Å². The summed E-state index contributed by atoms with van der Waals surface area (Å²) in [4.78, 5) is 6.83. The molecule has 0 fully saturated rings. The van der Waals surface area contributed by atoms with Crippen molar-refractivity contribution in [3.8, 4) is 11.4 Å². The molecule has 2 aromatic carbocycles. The second-order valence-corrected chi connectivity index (χ2v) is 4.91. The zero-order valence-corrected chi connectivity index (χ0v) is 10.9. The van der Waals surface area contributed by atoms with E-state index >= 15 is 0 Å². The normalized spacial score (nSPS) is 11.2. The first-order valence-corrected chi connectivity index (χ1v) is 6.14. The van der Waals surface area contributed by atoms with Crippen molar-refractivity contribution in [2.75, 3.05) is 0 Å². The zero-order chi connectivity index (χ0) is 13.6. The fourth-order valence-electron chi connectivity index (χ4n) is 1.81. The minimum absolute atomic E-state index is 0.221. The fourth-order valence-corrected chi connectivity index (χ4v) is 2.17. The molecule has 0 aliphatic rings. The summed E-state index contributed by atoms with van der Waals surface area (Å²) in [6.45, 7) is 0. The summed E-state index contributed by atoms with van der Waals surface area (Å²) >= 11 is 3.23. The number of aromatic amines is 1. The Bertz CT molecular complexity index is 744. The van der Waals surface area contributed by atoms with Crippen molar-refractivity contribution in [3.05, 3.63) is 52.3 Å². The lowest BCUT2D eigenvalue weighted by Gasteiger charge is -1.99. The Morgan fingerprint density at radius 1 is 0.947 bits per heavy atom. The monoisotopic (exact) mass is 326 g/mol. The van der Waals surface area contributed by atoms with E-state index in [1.54, 1.807) is 12.1 Å². The lowest BCUT2D eigenvalue weighted by molar-refractivity contribution is 0.510. The fraction of sp³-hybridized carbons (Fsp3) is 0. The van der Waals surface area contributed by atoms with Gasteiger partial charge in [-0.3, -0.25) is 0 Å². The van der Waals surface area contributed by atoms with Gasteiger partial charge in [0.2, 0.25) is 0 Å². The van der Waals surface area contributed by atoms with E-state index in [0.717, 1.165) is 12.1 Å². The zero-order valence-electron chi connectivity index (χ0n) is 9.35. The molecule has 96 valence electrons. The van der Waals surface area contributed by atoms with Gasteiger partial charge in [-0.1, -0.05) is 15.9 Å². The molecule has 6 heteroatoms. The number of fused-ring (bicyclic) bond motifs is 1. The van der Waals surface area contributed by atoms with Crippen molar-refractivity contribution in [1.82, 2.24) is 9.97 Å². The van der Waals surface area contributed by atoms with Crippen LogP contribution in [0.5, 0.6) is 0 Å². The SMILES string of the molecule is Fc1cc2nc(-c3cc(Br)ccc3F)[nH]c2cc1F. The number of imidazole rings is 1. The first kappa shape index (κ1) is 12.2. The average Bonchev–Trinajstić information content (AvgIpc) is 2.75. The van der Waals surface area contributed by atoms with Crippen LogP contribution in [0.2, 0.25) is 0 Å². The lowest BCUT2D eigenvalue weighted by atomic mass is 10.2. The molecule has 1 N–H and O–H groups in total. The van der Waals surface area contributed by atoms with E-state index in [0.29, 0.717) is 9.99 Å². The molecule has 1 heterocycles. The van der Waals surface area contributed by atoms with E-state index in [2.05, 4.69) is 25.9 Å². The molecule has 3 rings (SSSR count). The van der Waals surface area contributed by atoms with Crippen LogP contribution in [-0.2, 0) is 0 Å². The van der Waals surface area contributed by atoms with Gasteiger partial charge in [0.05, 0.1) is 16.6 Å². The van der Waals surface area contributed by atoms with E-state index in [1.165, 1.54) is 6.07 Å². The van der Waals surface area contributed by atoms with Gasteiger partial charge >= 0.3 is 0 Å². The number of H-pyrrole nitrogens is 1. The first-order valence-electron chi connectivity index (χ1n) is 5.35. The van der Waals surface area contributed by atoms with Gasteiger partial charge in [-0.15, -0.1) is 0 Å². The molecular formula is C13H6BrF3N2. The Morgan fingerprint density at radius 2 is 1.68 bits per heavy atom. The largest absolute Gasteiger partial charge is 0.338 e. The van der Waals surface area contributed by atoms with E-state index in [4.69, 9.17) is 0 Å². The molecule has 0 unspecified atom stereocenters. The number of nitrogens with one attached hydrogen (secondary N) is 1. The van der Waals surface area contributed by atoms with E-state index in [1.807, 2.05) is 0 Å². The number of aromatic nitrogens is 2. The topological polar surface area (TPSA) is 28.7 Å². The van der Waals surface area contributed by atoms with Crippen molar-refractivity contribution >= 4 is 27.0 Å². The minimum atomic E-state index is -0.986. The summed E-state index contributed by atoms with van der Waals surface area (Å²) in [6, 6.07) is 6.35. The van der Waals surface area contributed by atoms with E-state index in [9.17, 15) is 13.2 Å². The third-order valence-corrected chi connectivity index (χ3v) is 3.20. The highest BCUT2D eigenvalue weighted by molar-refractivity contribution is 9.10. The van der Waals surface area contributed by atoms with E-state index in [-0.39, 0.29) is 16.9 Å². The molecule has 0 saturated carbocycles. The Morgan fingerprint density at radius 3 is 2.47 bits per heavy atom. The summed E-state index contributed by atoms with van der Waals surface area (Å²) in [5.41, 5.74) is 0.785. The Hall–Kier alpha value is -1.82. The molecule has 0 atom stereocenters. The highest BCUT2D eigenvalue weighted by Gasteiger charge is 2.13. The second kappa shape index (κ2) is 4.38. The molecule has 0 bridgehead atoms. The van der Waals surface area contributed by atoms with Gasteiger partial charge in [0.15, 0.2) is 11.6 Å². The van der Waals surface area contributed by atoms with Crippen LogP contribution >= 0.6 is 15.9 Å². The van der Waals surface area contributed by atoms with Crippen LogP contribution in [0, 0.1) is 17.5 Å². The summed E-state index contributed by atoms with van der Waals surface area (Å²) in [6.07, 6.45) is 0. The molecule has 1 aromatic heterocycles. The van der Waals surface area contributed by atoms with Gasteiger partial charge in [-0.05, 0) is 18.2 Å². The third kappa shape index (κ3) is 2.12. The maximum atomic E-state index is 13.7. The predicted octanol–water partition coefficient (Wildman–Crippen LogP) is 4.41. The molecular weight excluding hydrogens is 321 g/mol. The van der Waals surface area contributed by atoms with Crippen LogP contribution in [0.1, 0.15) is 0 Å². The molecule has 0 amide bonds. The molecule has 19 heavy (non-hydrogen) atoms. The van der Waals surface area contributed by atoms with Gasteiger partial charge in [0.1, 0.15) is 11.6 Å². The summed E-state index contributed by atoms with van der Waals surface area (Å²) in [7, 11) is 0. The van der Waals surface area contributed by atoms with Crippen molar-refractivity contribution in [2.45, 2.75) is 0 Å². The first-order chi connectivity index (χ1) is 9.04. The van der Waals surface area contributed by atoms with Crippen molar-refractivity contribution in [3.63, 3.8) is 0 Å². The van der Waals surface area contributed by atoms with Gasteiger partial charge < -0.3 is 4.98 Å². The van der Waals surface area contributed by atoms with Crippen molar-refractivity contribution in [2.24, 2.45) is 0 Å². The number of hydrogen-bond acceptors (Lipinski definition) is 1. The number of halogens is 4. The summed E-state index contributed by atoms with van der Waals surface area (Å²) < 4.78 is 40.6. The van der Waals surface area contributed by atoms with Crippen LogP contribution in [-0.4, -0.2) is 9.97 Å². The van der Waals surface area contributed by atoms with E-state index < -0.39 is 17.5 Å². The van der Waals surface area contributed by atoms with Gasteiger partial charge in [0.25, 0.3) is 0 Å². The molecule has 0 saturated heterocycles. The highest BCUT2D eigenvalue weighted by atomic mass is 79.9. The summed E-state index contributed by atoms with van der Waals surface area (Å²) in [5.74, 6) is -2.21. The number of nitrogens with zero attached hydrogens (tertiary/aromatic N) is 1. The standard InChI is InChI=1S/C13H6BrF3N2/c14-6-1-2-8(15)7(3-6)13-18-11-4-9(16)10(17)5-12(11)19-13/h1-5H,(H,18,19). The number of hydrogen-bond donors (Lipinski definition) is 1. The van der Waals surface area contributed by atoms with Gasteiger partial charge in [0, 0.05) is 16.6 Å². The Kier molecular flexibility index (Phi) is 2.82. The highest BCUT2D eigenvalue weighted by Crippen LogP contribution is 2.26. The number of benzene rings is 2. The minimum Gasteiger partial charge on any atom is -0.338 e. The smallest absolute Gasteiger partial charge is 0.161 e. The average molecular weight is 327 g/mol. The van der Waals surface area contributed by atoms with Crippen LogP contribution in [0.25, 0.3) is 22.4 Å². The Labute approximate surface area is 114 Å². The van der Waals surface area contributed by atoms with Crippen molar-refractivity contribution < 1.29 is 13.2 Å². The quantitative estimate of drug-likeness (QED) is 0.705. The van der Waals surface area contributed by atoms with Gasteiger partial charge in [-0.2, -0.15) is 0 Å². The Balaban J connectivity index is 2.23. The van der Waals surface area contributed by atoms with Crippen LogP contribution in [0.3, 0.4) is 0 Å². The molecule has 0 aliphatic heterocycles. The molecule has 0 radical (unpaired) electrons. The maximum Gasteiger partial charge on any atom is 0.161 e. The summed E-state index contributed by atoms with van der Waals surface area (Å²) in [5, 5.41) is 0. The number of rotatable bonds is 1. The lowest BCUT2D eigenvalue weighted by Crippen LogP contribution is -1.86. The van der Waals surface area contributed by atoms with Gasteiger partial charge in [-0.25, -0.2) is 18.2 Å². The van der Waals surface area contributed by atoms with Crippen LogP contribution < -0.4 is 0 Å². The maximum absolute atomic E-state index is 13.7. The molecule has 0 aliphatic carbocycles. The molecule has 0 spiro atoms. The third-order valence-electron chi connectivity index (χ3n) is 2.71. The predicted molar refractivity (Wildman–Crippen MR) is 69.1 cm³/mol. The van der Waals surface area contributed by atoms with Crippen LogP contribution in [0.4, 0.5) is 13.2 Å².